The van der Waals surface area contributed by atoms with Gasteiger partial charge in [-0.05, 0) is 47.6 Å². The predicted molar refractivity (Wildman–Crippen MR) is 191 cm³/mol. The van der Waals surface area contributed by atoms with Gasteiger partial charge in [0.1, 0.15) is 0 Å². The number of halogens is 2. The van der Waals surface area contributed by atoms with Crippen LogP contribution in [0.5, 0.6) is 0 Å². The van der Waals surface area contributed by atoms with Crippen LogP contribution in [0.15, 0.2) is 12.4 Å². The Balaban J connectivity index is -0.000000512. The number of hydrogen-bond acceptors (Lipinski definition) is 2. The van der Waals surface area contributed by atoms with Crippen molar-refractivity contribution < 1.29 is 50.0 Å². The van der Waals surface area contributed by atoms with Crippen LogP contribution in [0.3, 0.4) is 0 Å². The number of nitrogens with zero attached hydrogens (tertiary/aromatic N) is 2. The summed E-state index contributed by atoms with van der Waals surface area (Å²) in [4.78, 5) is 0. The molecule has 8 heteroatoms. The second-order valence-corrected chi connectivity index (χ2v) is 18.0. The minimum absolute atomic E-state index is 0. The Morgan fingerprint density at radius 1 is 0.682 bits per heavy atom. The Morgan fingerprint density at radius 3 is 1.18 bits per heavy atom. The summed E-state index contributed by atoms with van der Waals surface area (Å²) < 4.78 is 4.64. The molecule has 0 bridgehead atoms. The molecule has 0 aliphatic carbocycles. The minimum atomic E-state index is -1.01. The van der Waals surface area contributed by atoms with Crippen LogP contribution in [0.1, 0.15) is 130 Å². The van der Waals surface area contributed by atoms with Crippen LogP contribution in [0, 0.1) is 80.3 Å². The second kappa shape index (κ2) is 22.0. The van der Waals surface area contributed by atoms with Gasteiger partial charge in [-0.3, -0.25) is 0 Å². The maximum atomic E-state index is 5.63. The van der Waals surface area contributed by atoms with E-state index in [1.165, 1.54) is 87.4 Å². The molecule has 2 aromatic rings. The molecule has 44 heavy (non-hydrogen) atoms. The second-order valence-electron chi connectivity index (χ2n) is 13.9. The van der Waals surface area contributed by atoms with E-state index in [-0.39, 0.29) is 50.0 Å². The zero-order chi connectivity index (χ0) is 33.2. The number of hydrogen-bond donors (Lipinski definition) is 0. The molecule has 0 saturated carbocycles. The van der Waals surface area contributed by atoms with Gasteiger partial charge in [0.05, 0.1) is 11.1 Å². The summed E-state index contributed by atoms with van der Waals surface area (Å²) in [5, 5.41) is 0. The maximum Gasteiger partial charge on any atom is 5.00 e. The van der Waals surface area contributed by atoms with Crippen LogP contribution in [0.2, 0.25) is 6.04 Å². The fourth-order valence-corrected chi connectivity index (χ4v) is 9.39. The van der Waals surface area contributed by atoms with Crippen LogP contribution in [0.4, 0.5) is 0 Å². The number of rotatable bonds is 5. The normalized spacial score (nSPS) is 12.8. The van der Waals surface area contributed by atoms with Crippen molar-refractivity contribution >= 4 is 28.3 Å². The van der Waals surface area contributed by atoms with Gasteiger partial charge in [-0.2, -0.15) is 38.9 Å². The predicted octanol–water partition coefficient (Wildman–Crippen LogP) is 10.7. The summed E-state index contributed by atoms with van der Waals surface area (Å²) in [7, 11) is -0.369. The van der Waals surface area contributed by atoms with Crippen LogP contribution >= 0.6 is 11.1 Å². The molecule has 1 heterocycles. The topological polar surface area (TPSA) is 6.48 Å². The van der Waals surface area contributed by atoms with E-state index in [1.54, 1.807) is 0 Å². The number of unbranched alkanes of at least 4 members (excludes halogenated alkanes) is 3. The van der Waals surface area contributed by atoms with Crippen LogP contribution < -0.4 is 0 Å². The molecule has 0 N–H and O–H groups in total. The molecule has 251 valence electrons. The maximum absolute atomic E-state index is 5.63. The van der Waals surface area contributed by atoms with Gasteiger partial charge in [-0.1, -0.05) is 67.2 Å². The fraction of sp³-hybridized carbons (Fsp3) is 0.667. The first-order valence-electron chi connectivity index (χ1n) is 15.7. The van der Waals surface area contributed by atoms with Gasteiger partial charge in [0, 0.05) is 23.5 Å². The molecule has 2 nitrogen and oxygen atoms in total. The molecule has 1 aliphatic heterocycles. The summed E-state index contributed by atoms with van der Waals surface area (Å²) in [5.41, 5.74) is 15.0. The third-order valence-electron chi connectivity index (χ3n) is 8.97. The van der Waals surface area contributed by atoms with E-state index >= 15 is 0 Å². The smallest absolute Gasteiger partial charge is 0.731 e. The summed E-state index contributed by atoms with van der Waals surface area (Å²) >= 11 is 11.1. The average molecular weight is 854 g/mol. The van der Waals surface area contributed by atoms with E-state index in [9.17, 15) is 0 Å². The Labute approximate surface area is 313 Å². The van der Waals surface area contributed by atoms with Crippen LogP contribution in [-0.2, 0) is 39.0 Å². The molecule has 0 spiro atoms. The van der Waals surface area contributed by atoms with E-state index in [1.807, 2.05) is 0 Å². The summed E-state index contributed by atoms with van der Waals surface area (Å²) in [6, 6.07) is 1.22. The molecule has 3 rings (SSSR count). The van der Waals surface area contributed by atoms with Crippen molar-refractivity contribution in [2.75, 3.05) is 0 Å². The Kier molecular flexibility index (Phi) is 24.4. The molecule has 0 fully saturated rings. The van der Waals surface area contributed by atoms with Crippen molar-refractivity contribution in [1.82, 2.24) is 9.13 Å². The van der Waals surface area contributed by atoms with Gasteiger partial charge in [0.15, 0.2) is 8.83 Å². The average Bonchev–Trinajstić information content (AvgIpc) is 3.46. The zero-order valence-corrected chi connectivity index (χ0v) is 38.1. The first-order valence-corrected chi connectivity index (χ1v) is 20.4. The molecule has 0 aromatic heterocycles. The Hall–Kier alpha value is 0.301. The van der Waals surface area contributed by atoms with E-state index in [0.717, 1.165) is 0 Å². The quantitative estimate of drug-likeness (QED) is 0.128. The van der Waals surface area contributed by atoms with E-state index in [4.69, 9.17) is 22.2 Å². The Bertz CT molecular complexity index is 878. The van der Waals surface area contributed by atoms with Gasteiger partial charge in [-0.25, -0.2) is 34.6 Å². The molecular weight excluding hydrogens is 790 g/mol. The summed E-state index contributed by atoms with van der Waals surface area (Å²) in [6.07, 6.45) is 9.69. The molecule has 0 amide bonds. The van der Waals surface area contributed by atoms with Gasteiger partial charge >= 0.3 is 47.4 Å². The minimum Gasteiger partial charge on any atom is -0.731 e. The van der Waals surface area contributed by atoms with Crippen LogP contribution in [0.25, 0.3) is 0 Å². The van der Waals surface area contributed by atoms with Crippen molar-refractivity contribution in [2.45, 2.75) is 161 Å². The van der Waals surface area contributed by atoms with Crippen molar-refractivity contribution in [3.8, 4) is 0 Å². The molecular formula is C36H64Cl2N2Ru2Si2+5. The molecule has 2 aromatic carbocycles. The van der Waals surface area contributed by atoms with E-state index in [0.29, 0.717) is 8.83 Å². The van der Waals surface area contributed by atoms with Crippen molar-refractivity contribution in [2.24, 2.45) is 0 Å². The van der Waals surface area contributed by atoms with Gasteiger partial charge in [0.2, 0.25) is 0 Å². The molecule has 0 atom stereocenters. The summed E-state index contributed by atoms with van der Waals surface area (Å²) in [5.74, 6) is 0. The first kappa shape index (κ1) is 48.7. The fourth-order valence-electron chi connectivity index (χ4n) is 4.83. The van der Waals surface area contributed by atoms with Gasteiger partial charge in [0.25, 0.3) is 0 Å². The SMILES string of the molecule is CC(C)(C)N1C=CN(C(C)(C)C)[Si]1[ClH+].CCCCCC[Si]Cl.C[c-]1[c-](C)[c-](C)[c-](C)[c-]1C.Cc1c(C)c(C)[c-](C)c1C.[Ru+5].[Ru+5]. The van der Waals surface area contributed by atoms with Crippen molar-refractivity contribution in [3.63, 3.8) is 0 Å². The van der Waals surface area contributed by atoms with Crippen LogP contribution in [-0.4, -0.2) is 37.5 Å². The first-order chi connectivity index (χ1) is 19.2. The van der Waals surface area contributed by atoms with Gasteiger partial charge < -0.3 is 36.9 Å². The molecule has 1 aliphatic rings. The van der Waals surface area contributed by atoms with Gasteiger partial charge in [-0.15, -0.1) is 0 Å². The van der Waals surface area contributed by atoms with Crippen molar-refractivity contribution in [1.29, 1.82) is 0 Å². The zero-order valence-electron chi connectivity index (χ0n) is 31.1. The summed E-state index contributed by atoms with van der Waals surface area (Å²) in [6.45, 7) is 37.5. The monoisotopic (exact) mass is 854 g/mol. The van der Waals surface area contributed by atoms with Crippen molar-refractivity contribution in [3.05, 3.63) is 68.0 Å². The molecule has 0 saturated heterocycles. The third-order valence-corrected chi connectivity index (χ3v) is 13.7. The standard InChI is InChI=1S/C10H21ClN2Si.2C10H15.C6H13ClSi.2Ru/c1-9(2,3)12-7-8-13(14(12)11)10(4,5)6;2*1-6-7(2)9(4)10(5)8(6)3;1-2-3-4-5-6-8-7;;/h7-8,11H,1-6H3;2*1-5H3;2-6H2,1H3;;/q+1;-5;-1;;2*+5. The molecule has 0 unspecified atom stereocenters. The molecule has 5 radical (unpaired) electrons. The van der Waals surface area contributed by atoms with E-state index < -0.39 is 8.43 Å². The largest absolute Gasteiger partial charge is 5.00 e. The Morgan fingerprint density at radius 2 is 1.00 bits per heavy atom. The van der Waals surface area contributed by atoms with E-state index in [2.05, 4.69) is 139 Å². The third kappa shape index (κ3) is 14.6.